The van der Waals surface area contributed by atoms with Gasteiger partial charge in [-0.2, -0.15) is 4.98 Å². The monoisotopic (exact) mass is 501 g/mol. The zero-order chi connectivity index (χ0) is 26.2. The summed E-state index contributed by atoms with van der Waals surface area (Å²) >= 11 is 0. The van der Waals surface area contributed by atoms with Gasteiger partial charge in [-0.1, -0.05) is 41.1 Å². The van der Waals surface area contributed by atoms with Crippen LogP contribution < -0.4 is 14.2 Å². The van der Waals surface area contributed by atoms with Crippen LogP contribution in [0.5, 0.6) is 17.2 Å². The lowest BCUT2D eigenvalue weighted by molar-refractivity contribution is 0.0756. The summed E-state index contributed by atoms with van der Waals surface area (Å²) in [4.78, 5) is 19.8. The van der Waals surface area contributed by atoms with E-state index in [9.17, 15) is 4.79 Å². The predicted molar refractivity (Wildman–Crippen MR) is 140 cm³/mol. The van der Waals surface area contributed by atoms with Crippen molar-refractivity contribution in [3.63, 3.8) is 0 Å². The van der Waals surface area contributed by atoms with Crippen molar-refractivity contribution in [3.8, 4) is 28.6 Å². The summed E-state index contributed by atoms with van der Waals surface area (Å²) in [7, 11) is 4.81. The van der Waals surface area contributed by atoms with Gasteiger partial charge >= 0.3 is 0 Å². The molecule has 0 atom stereocenters. The SMILES string of the molecule is COc1ccc(C(=O)N(CCc2ccc(OC)c(OC)c2)CCc2nc(-c3ccc(C)cc3)no2)cc1. The zero-order valence-electron chi connectivity index (χ0n) is 21.6. The molecule has 1 amide bonds. The van der Waals surface area contributed by atoms with E-state index in [1.807, 2.05) is 49.4 Å². The maximum atomic E-state index is 13.4. The molecular weight excluding hydrogens is 470 g/mol. The van der Waals surface area contributed by atoms with Crippen LogP contribution in [-0.2, 0) is 12.8 Å². The van der Waals surface area contributed by atoms with E-state index in [2.05, 4.69) is 10.1 Å². The molecule has 8 heteroatoms. The van der Waals surface area contributed by atoms with Gasteiger partial charge in [0, 0.05) is 30.6 Å². The maximum absolute atomic E-state index is 13.4. The molecule has 0 aliphatic carbocycles. The molecule has 0 unspecified atom stereocenters. The highest BCUT2D eigenvalue weighted by Crippen LogP contribution is 2.28. The lowest BCUT2D eigenvalue weighted by Gasteiger charge is -2.22. The summed E-state index contributed by atoms with van der Waals surface area (Å²) in [6, 6.07) is 20.8. The van der Waals surface area contributed by atoms with E-state index >= 15 is 0 Å². The van der Waals surface area contributed by atoms with Crippen molar-refractivity contribution in [2.24, 2.45) is 0 Å². The summed E-state index contributed by atoms with van der Waals surface area (Å²) in [5.74, 6) is 2.95. The molecule has 0 radical (unpaired) electrons. The minimum Gasteiger partial charge on any atom is -0.497 e. The molecule has 1 aromatic heterocycles. The van der Waals surface area contributed by atoms with E-state index in [4.69, 9.17) is 18.7 Å². The topological polar surface area (TPSA) is 86.9 Å². The smallest absolute Gasteiger partial charge is 0.253 e. The van der Waals surface area contributed by atoms with Gasteiger partial charge < -0.3 is 23.6 Å². The number of carbonyl (C=O) groups is 1. The number of benzene rings is 3. The fraction of sp³-hybridized carbons (Fsp3) is 0.276. The third-order valence-electron chi connectivity index (χ3n) is 6.12. The van der Waals surface area contributed by atoms with Gasteiger partial charge in [-0.05, 0) is 55.3 Å². The Morgan fingerprint density at radius 2 is 1.54 bits per heavy atom. The molecule has 1 heterocycles. The van der Waals surface area contributed by atoms with Crippen LogP contribution >= 0.6 is 0 Å². The van der Waals surface area contributed by atoms with Gasteiger partial charge in [0.05, 0.1) is 21.3 Å². The maximum Gasteiger partial charge on any atom is 0.253 e. The molecule has 8 nitrogen and oxygen atoms in total. The van der Waals surface area contributed by atoms with Crippen LogP contribution in [0.2, 0.25) is 0 Å². The first-order valence-corrected chi connectivity index (χ1v) is 12.0. The Balaban J connectivity index is 1.49. The standard InChI is InChI=1S/C29H31N3O5/c1-20-5-8-22(9-6-20)28-30-27(37-31-28)16-18-32(29(33)23-10-12-24(34-2)13-11-23)17-15-21-7-14-25(35-3)26(19-21)36-4/h5-14,19H,15-18H2,1-4H3. The molecule has 0 N–H and O–H groups in total. The number of aromatic nitrogens is 2. The number of aryl methyl sites for hydroxylation is 1. The van der Waals surface area contributed by atoms with Crippen molar-refractivity contribution >= 4 is 5.91 Å². The summed E-state index contributed by atoms with van der Waals surface area (Å²) in [6.45, 7) is 2.95. The van der Waals surface area contributed by atoms with Crippen LogP contribution in [0.3, 0.4) is 0 Å². The van der Waals surface area contributed by atoms with Gasteiger partial charge in [0.1, 0.15) is 5.75 Å². The molecule has 0 saturated heterocycles. The van der Waals surface area contributed by atoms with Gasteiger partial charge in [0.25, 0.3) is 5.91 Å². The van der Waals surface area contributed by atoms with Crippen LogP contribution in [0.4, 0.5) is 0 Å². The van der Waals surface area contributed by atoms with Gasteiger partial charge in [-0.15, -0.1) is 0 Å². The molecule has 0 bridgehead atoms. The highest BCUT2D eigenvalue weighted by molar-refractivity contribution is 5.94. The Kier molecular flexibility index (Phi) is 8.40. The molecule has 192 valence electrons. The third-order valence-corrected chi connectivity index (χ3v) is 6.12. The Morgan fingerprint density at radius 3 is 2.22 bits per heavy atom. The minimum atomic E-state index is -0.0820. The second-order valence-corrected chi connectivity index (χ2v) is 8.59. The van der Waals surface area contributed by atoms with E-state index < -0.39 is 0 Å². The van der Waals surface area contributed by atoms with Crippen LogP contribution in [0.1, 0.15) is 27.4 Å². The normalized spacial score (nSPS) is 10.7. The Labute approximate surface area is 216 Å². The Bertz CT molecular complexity index is 1320. The second-order valence-electron chi connectivity index (χ2n) is 8.59. The van der Waals surface area contributed by atoms with Crippen molar-refractivity contribution < 1.29 is 23.5 Å². The summed E-state index contributed by atoms with van der Waals surface area (Å²) in [6.07, 6.45) is 1.08. The lowest BCUT2D eigenvalue weighted by atomic mass is 10.1. The highest BCUT2D eigenvalue weighted by Gasteiger charge is 2.18. The Morgan fingerprint density at radius 1 is 0.838 bits per heavy atom. The number of nitrogens with zero attached hydrogens (tertiary/aromatic N) is 3. The Hall–Kier alpha value is -4.33. The van der Waals surface area contributed by atoms with Crippen molar-refractivity contribution in [3.05, 3.63) is 89.3 Å². The van der Waals surface area contributed by atoms with E-state index in [0.717, 1.165) is 16.7 Å². The van der Waals surface area contributed by atoms with E-state index in [1.54, 1.807) is 50.5 Å². The van der Waals surface area contributed by atoms with Crippen molar-refractivity contribution in [2.45, 2.75) is 19.8 Å². The summed E-state index contributed by atoms with van der Waals surface area (Å²) in [5, 5.41) is 4.12. The van der Waals surface area contributed by atoms with Crippen molar-refractivity contribution in [2.75, 3.05) is 34.4 Å². The molecule has 0 aliphatic heterocycles. The van der Waals surface area contributed by atoms with Crippen molar-refractivity contribution in [1.82, 2.24) is 15.0 Å². The third kappa shape index (κ3) is 6.46. The molecule has 4 rings (SSSR count). The number of rotatable bonds is 11. The molecular formula is C29H31N3O5. The van der Waals surface area contributed by atoms with Crippen molar-refractivity contribution in [1.29, 1.82) is 0 Å². The van der Waals surface area contributed by atoms with Gasteiger partial charge in [-0.3, -0.25) is 4.79 Å². The zero-order valence-corrected chi connectivity index (χ0v) is 21.6. The summed E-state index contributed by atoms with van der Waals surface area (Å²) < 4.78 is 21.5. The number of ether oxygens (including phenoxy) is 3. The molecule has 4 aromatic rings. The molecule has 0 fully saturated rings. The van der Waals surface area contributed by atoms with E-state index in [1.165, 1.54) is 0 Å². The number of hydrogen-bond donors (Lipinski definition) is 0. The van der Waals surface area contributed by atoms with E-state index in [0.29, 0.717) is 60.5 Å². The first-order valence-electron chi connectivity index (χ1n) is 12.0. The van der Waals surface area contributed by atoms with Gasteiger partial charge in [0.15, 0.2) is 11.5 Å². The second kappa shape index (κ2) is 12.1. The van der Waals surface area contributed by atoms with Crippen LogP contribution in [0, 0.1) is 6.92 Å². The number of carbonyl (C=O) groups excluding carboxylic acids is 1. The molecule has 3 aromatic carbocycles. The number of amides is 1. The fourth-order valence-corrected chi connectivity index (χ4v) is 3.94. The lowest BCUT2D eigenvalue weighted by Crippen LogP contribution is -2.34. The average molecular weight is 502 g/mol. The fourth-order valence-electron chi connectivity index (χ4n) is 3.94. The highest BCUT2D eigenvalue weighted by atomic mass is 16.5. The molecule has 0 saturated carbocycles. The quantitative estimate of drug-likeness (QED) is 0.286. The molecule has 0 spiro atoms. The first-order chi connectivity index (χ1) is 18.0. The number of hydrogen-bond acceptors (Lipinski definition) is 7. The van der Waals surface area contributed by atoms with Crippen LogP contribution in [-0.4, -0.2) is 55.4 Å². The average Bonchev–Trinajstić information content (AvgIpc) is 3.42. The molecule has 0 aliphatic rings. The molecule has 37 heavy (non-hydrogen) atoms. The first kappa shape index (κ1) is 25.8. The largest absolute Gasteiger partial charge is 0.497 e. The van der Waals surface area contributed by atoms with Crippen LogP contribution in [0.15, 0.2) is 71.3 Å². The minimum absolute atomic E-state index is 0.0820. The summed E-state index contributed by atoms with van der Waals surface area (Å²) in [5.41, 5.74) is 3.67. The number of methoxy groups -OCH3 is 3. The van der Waals surface area contributed by atoms with Crippen LogP contribution in [0.25, 0.3) is 11.4 Å². The van der Waals surface area contributed by atoms with E-state index in [-0.39, 0.29) is 5.91 Å². The van der Waals surface area contributed by atoms with Gasteiger partial charge in [-0.25, -0.2) is 0 Å². The predicted octanol–water partition coefficient (Wildman–Crippen LogP) is 5.00. The van der Waals surface area contributed by atoms with Gasteiger partial charge in [0.2, 0.25) is 11.7 Å².